The molecule has 0 aromatic heterocycles. The van der Waals surface area contributed by atoms with Crippen molar-refractivity contribution in [2.75, 3.05) is 0 Å². The second-order valence-corrected chi connectivity index (χ2v) is 7.43. The Morgan fingerprint density at radius 1 is 0.900 bits per heavy atom. The van der Waals surface area contributed by atoms with E-state index in [-0.39, 0.29) is 12.3 Å². The third-order valence-corrected chi connectivity index (χ3v) is 4.72. The van der Waals surface area contributed by atoms with Crippen LogP contribution in [0.5, 0.6) is 5.75 Å². The first-order chi connectivity index (χ1) is 14.4. The number of hydrogen-bond donors (Lipinski definition) is 2. The highest BCUT2D eigenvalue weighted by Gasteiger charge is 2.20. The molecular weight excluding hydrogens is 376 g/mol. The van der Waals surface area contributed by atoms with E-state index in [0.29, 0.717) is 17.9 Å². The van der Waals surface area contributed by atoms with Crippen LogP contribution in [-0.4, -0.2) is 17.9 Å². The summed E-state index contributed by atoms with van der Waals surface area (Å²) >= 11 is 0. The van der Waals surface area contributed by atoms with Gasteiger partial charge in [0.15, 0.2) is 0 Å². The average molecular weight is 402 g/mol. The Labute approximate surface area is 176 Å². The number of amides is 2. The first-order valence-corrected chi connectivity index (χ1v) is 9.85. The number of nitrogens with one attached hydrogen (secondary N) is 1. The molecule has 5 heteroatoms. The fraction of sp³-hybridized carbons (Fsp3) is 0.200. The van der Waals surface area contributed by atoms with Crippen molar-refractivity contribution in [3.63, 3.8) is 0 Å². The van der Waals surface area contributed by atoms with Gasteiger partial charge in [0.2, 0.25) is 5.91 Å². The number of nitrogens with two attached hydrogens (primary N) is 1. The molecule has 1 atom stereocenters. The standard InChI is InChI=1S/C25H26N2O3/c1-17-11-18(2)13-21(12-17)25(29)27-23(24(26)28)15-20-9-6-10-22(14-20)30-16-19-7-4-3-5-8-19/h3-14,23H,15-16H2,1-2H3,(H2,26,28)(H,27,29)/t23-/m0/s1. The van der Waals surface area contributed by atoms with Crippen LogP contribution in [0.3, 0.4) is 0 Å². The van der Waals surface area contributed by atoms with Crippen LogP contribution in [0.1, 0.15) is 32.6 Å². The predicted octanol–water partition coefficient (Wildman–Crippen LogP) is 3.71. The maximum Gasteiger partial charge on any atom is 0.251 e. The van der Waals surface area contributed by atoms with Crippen molar-refractivity contribution in [1.82, 2.24) is 5.32 Å². The maximum absolute atomic E-state index is 12.6. The molecule has 3 aromatic carbocycles. The molecule has 0 fully saturated rings. The zero-order valence-electron chi connectivity index (χ0n) is 17.2. The van der Waals surface area contributed by atoms with Gasteiger partial charge in [-0.1, -0.05) is 59.7 Å². The molecule has 2 amide bonds. The number of carbonyl (C=O) groups is 2. The lowest BCUT2D eigenvalue weighted by Crippen LogP contribution is -2.45. The Morgan fingerprint density at radius 3 is 2.23 bits per heavy atom. The molecule has 3 N–H and O–H groups in total. The minimum Gasteiger partial charge on any atom is -0.489 e. The lowest BCUT2D eigenvalue weighted by molar-refractivity contribution is -0.119. The molecule has 0 aliphatic rings. The number of ether oxygens (including phenoxy) is 1. The summed E-state index contributed by atoms with van der Waals surface area (Å²) in [4.78, 5) is 24.6. The van der Waals surface area contributed by atoms with Crippen LogP contribution < -0.4 is 15.8 Å². The summed E-state index contributed by atoms with van der Waals surface area (Å²) in [6, 6.07) is 22.1. The Balaban J connectivity index is 1.67. The number of aryl methyl sites for hydroxylation is 2. The quantitative estimate of drug-likeness (QED) is 0.603. The van der Waals surface area contributed by atoms with Gasteiger partial charge >= 0.3 is 0 Å². The van der Waals surface area contributed by atoms with E-state index in [9.17, 15) is 9.59 Å². The Morgan fingerprint density at radius 2 is 1.57 bits per heavy atom. The molecule has 0 bridgehead atoms. The molecule has 0 heterocycles. The van der Waals surface area contributed by atoms with E-state index in [1.807, 2.05) is 74.5 Å². The van der Waals surface area contributed by atoms with Crippen molar-refractivity contribution in [3.8, 4) is 5.75 Å². The van der Waals surface area contributed by atoms with E-state index in [1.165, 1.54) is 0 Å². The van der Waals surface area contributed by atoms with E-state index >= 15 is 0 Å². The Bertz CT molecular complexity index is 1010. The van der Waals surface area contributed by atoms with Gasteiger partial charge in [-0.25, -0.2) is 0 Å². The topological polar surface area (TPSA) is 81.4 Å². The summed E-state index contributed by atoms with van der Waals surface area (Å²) in [5.41, 5.74) is 9.96. The molecule has 3 rings (SSSR count). The molecule has 0 spiro atoms. The van der Waals surface area contributed by atoms with Gasteiger partial charge < -0.3 is 15.8 Å². The largest absolute Gasteiger partial charge is 0.489 e. The molecule has 3 aromatic rings. The molecule has 30 heavy (non-hydrogen) atoms. The van der Waals surface area contributed by atoms with Crippen molar-refractivity contribution in [2.45, 2.75) is 32.9 Å². The number of hydrogen-bond acceptors (Lipinski definition) is 3. The smallest absolute Gasteiger partial charge is 0.251 e. The highest BCUT2D eigenvalue weighted by atomic mass is 16.5. The van der Waals surface area contributed by atoms with E-state index < -0.39 is 11.9 Å². The van der Waals surface area contributed by atoms with Crippen LogP contribution >= 0.6 is 0 Å². The molecule has 0 radical (unpaired) electrons. The molecule has 154 valence electrons. The molecule has 5 nitrogen and oxygen atoms in total. The molecule has 0 saturated heterocycles. The van der Waals surface area contributed by atoms with Crippen molar-refractivity contribution < 1.29 is 14.3 Å². The van der Waals surface area contributed by atoms with Gasteiger partial charge in [0, 0.05) is 12.0 Å². The van der Waals surface area contributed by atoms with Gasteiger partial charge in [0.25, 0.3) is 5.91 Å². The molecule has 0 aliphatic heterocycles. The summed E-state index contributed by atoms with van der Waals surface area (Å²) in [5.74, 6) is -0.203. The number of carbonyl (C=O) groups excluding carboxylic acids is 2. The van der Waals surface area contributed by atoms with Crippen molar-refractivity contribution in [3.05, 3.63) is 101 Å². The van der Waals surface area contributed by atoms with Gasteiger partial charge in [-0.05, 0) is 49.2 Å². The third-order valence-electron chi connectivity index (χ3n) is 4.72. The second-order valence-electron chi connectivity index (χ2n) is 7.43. The molecular formula is C25H26N2O3. The average Bonchev–Trinajstić information content (AvgIpc) is 2.72. The van der Waals surface area contributed by atoms with Crippen LogP contribution in [0.25, 0.3) is 0 Å². The third kappa shape index (κ3) is 5.95. The van der Waals surface area contributed by atoms with Gasteiger partial charge in [-0.15, -0.1) is 0 Å². The van der Waals surface area contributed by atoms with Crippen LogP contribution in [0.2, 0.25) is 0 Å². The minimum atomic E-state index is -0.817. The number of primary amides is 1. The van der Waals surface area contributed by atoms with Crippen LogP contribution in [0, 0.1) is 13.8 Å². The maximum atomic E-state index is 12.6. The fourth-order valence-corrected chi connectivity index (χ4v) is 3.31. The molecule has 0 aliphatic carbocycles. The number of benzene rings is 3. The highest BCUT2D eigenvalue weighted by molar-refractivity contribution is 5.97. The van der Waals surface area contributed by atoms with Gasteiger partial charge in [-0.2, -0.15) is 0 Å². The summed E-state index contributed by atoms with van der Waals surface area (Å²) in [5, 5.41) is 2.76. The van der Waals surface area contributed by atoms with E-state index in [1.54, 1.807) is 12.1 Å². The summed E-state index contributed by atoms with van der Waals surface area (Å²) in [6.45, 7) is 4.31. The Hall–Kier alpha value is -3.60. The zero-order valence-corrected chi connectivity index (χ0v) is 17.2. The van der Waals surface area contributed by atoms with Gasteiger partial charge in [0.1, 0.15) is 18.4 Å². The monoisotopic (exact) mass is 402 g/mol. The molecule has 0 saturated carbocycles. The van der Waals surface area contributed by atoms with Crippen molar-refractivity contribution in [2.24, 2.45) is 5.73 Å². The summed E-state index contributed by atoms with van der Waals surface area (Å²) < 4.78 is 5.85. The fourth-order valence-electron chi connectivity index (χ4n) is 3.31. The first-order valence-electron chi connectivity index (χ1n) is 9.85. The lowest BCUT2D eigenvalue weighted by atomic mass is 10.0. The normalized spacial score (nSPS) is 11.5. The van der Waals surface area contributed by atoms with Crippen LogP contribution in [-0.2, 0) is 17.8 Å². The van der Waals surface area contributed by atoms with Gasteiger partial charge in [0.05, 0.1) is 0 Å². The Kier molecular flexibility index (Phi) is 6.86. The number of rotatable bonds is 8. The summed E-state index contributed by atoms with van der Waals surface area (Å²) in [7, 11) is 0. The second kappa shape index (κ2) is 9.74. The lowest BCUT2D eigenvalue weighted by Gasteiger charge is -2.17. The first kappa shape index (κ1) is 21.1. The molecule has 0 unspecified atom stereocenters. The van der Waals surface area contributed by atoms with Crippen LogP contribution in [0.4, 0.5) is 0 Å². The minimum absolute atomic E-state index is 0.286. The van der Waals surface area contributed by atoms with Crippen molar-refractivity contribution >= 4 is 11.8 Å². The SMILES string of the molecule is Cc1cc(C)cc(C(=O)N[C@@H](Cc2cccc(OCc3ccccc3)c2)C(N)=O)c1. The summed E-state index contributed by atoms with van der Waals surface area (Å²) in [6.07, 6.45) is 0.286. The zero-order chi connectivity index (χ0) is 21.5. The van der Waals surface area contributed by atoms with E-state index in [0.717, 1.165) is 22.3 Å². The van der Waals surface area contributed by atoms with Crippen molar-refractivity contribution in [1.29, 1.82) is 0 Å². The van der Waals surface area contributed by atoms with E-state index in [4.69, 9.17) is 10.5 Å². The van der Waals surface area contributed by atoms with Crippen LogP contribution in [0.15, 0.2) is 72.8 Å². The van der Waals surface area contributed by atoms with E-state index in [2.05, 4.69) is 5.32 Å². The predicted molar refractivity (Wildman–Crippen MR) is 117 cm³/mol. The highest BCUT2D eigenvalue weighted by Crippen LogP contribution is 2.17. The van der Waals surface area contributed by atoms with Gasteiger partial charge in [-0.3, -0.25) is 9.59 Å².